The van der Waals surface area contributed by atoms with E-state index < -0.39 is 0 Å². The molecule has 3 aromatic rings. The topological polar surface area (TPSA) is 71.5 Å². The summed E-state index contributed by atoms with van der Waals surface area (Å²) in [6, 6.07) is 16.0. The molecule has 33 heavy (non-hydrogen) atoms. The third-order valence-electron chi connectivity index (χ3n) is 5.45. The molecule has 2 heterocycles. The molecule has 170 valence electrons. The molecule has 1 unspecified atom stereocenters. The van der Waals surface area contributed by atoms with E-state index in [2.05, 4.69) is 10.3 Å². The fraction of sp³-hybridized carbons (Fsp3) is 0.240. The Morgan fingerprint density at radius 3 is 2.70 bits per heavy atom. The summed E-state index contributed by atoms with van der Waals surface area (Å²) < 4.78 is 18.8. The Kier molecular flexibility index (Phi) is 7.19. The number of carbonyl (C=O) groups excluding carboxylic acids is 2. The maximum Gasteiger partial charge on any atom is 0.253 e. The number of amides is 2. The molecule has 1 atom stereocenters. The molecule has 1 aromatic heterocycles. The third-order valence-corrected chi connectivity index (χ3v) is 5.71. The maximum atomic E-state index is 13.3. The molecule has 0 saturated carbocycles. The van der Waals surface area contributed by atoms with E-state index in [1.54, 1.807) is 59.6 Å². The number of carbonyl (C=O) groups is 2. The molecule has 2 amide bonds. The minimum atomic E-state index is -0.386. The van der Waals surface area contributed by atoms with Crippen LogP contribution in [0.5, 0.6) is 11.6 Å². The average Bonchev–Trinajstić information content (AvgIpc) is 2.83. The normalized spacial score (nSPS) is 15.7. The zero-order valence-corrected chi connectivity index (χ0v) is 18.6. The van der Waals surface area contributed by atoms with E-state index in [9.17, 15) is 14.0 Å². The number of aromatic nitrogens is 1. The van der Waals surface area contributed by atoms with E-state index in [-0.39, 0.29) is 23.5 Å². The summed E-state index contributed by atoms with van der Waals surface area (Å²) in [5.74, 6) is -0.148. The van der Waals surface area contributed by atoms with Gasteiger partial charge in [0.1, 0.15) is 11.6 Å². The highest BCUT2D eigenvalue weighted by atomic mass is 35.5. The Labute approximate surface area is 196 Å². The minimum Gasteiger partial charge on any atom is -0.439 e. The molecule has 0 aliphatic carbocycles. The number of benzene rings is 2. The summed E-state index contributed by atoms with van der Waals surface area (Å²) in [5, 5.41) is 3.50. The lowest BCUT2D eigenvalue weighted by Gasteiger charge is -2.32. The molecule has 8 heteroatoms. The van der Waals surface area contributed by atoms with Gasteiger partial charge in [-0.1, -0.05) is 23.7 Å². The predicted molar refractivity (Wildman–Crippen MR) is 123 cm³/mol. The smallest absolute Gasteiger partial charge is 0.253 e. The Morgan fingerprint density at radius 1 is 1.15 bits per heavy atom. The van der Waals surface area contributed by atoms with Crippen LogP contribution in [0.2, 0.25) is 5.02 Å². The van der Waals surface area contributed by atoms with Gasteiger partial charge in [-0.2, -0.15) is 0 Å². The predicted octanol–water partition coefficient (Wildman–Crippen LogP) is 4.84. The fourth-order valence-electron chi connectivity index (χ4n) is 3.71. The molecule has 0 radical (unpaired) electrons. The van der Waals surface area contributed by atoms with Gasteiger partial charge >= 0.3 is 0 Å². The number of ether oxygens (including phenoxy) is 1. The van der Waals surface area contributed by atoms with Gasteiger partial charge in [-0.15, -0.1) is 0 Å². The van der Waals surface area contributed by atoms with Crippen LogP contribution < -0.4 is 10.1 Å². The second-order valence-corrected chi connectivity index (χ2v) is 8.32. The molecule has 1 N–H and O–H groups in total. The largest absolute Gasteiger partial charge is 0.439 e. The molecule has 1 aliphatic rings. The van der Waals surface area contributed by atoms with Crippen molar-refractivity contribution in [3.8, 4) is 11.6 Å². The molecule has 6 nitrogen and oxygen atoms in total. The Balaban J connectivity index is 1.29. The van der Waals surface area contributed by atoms with E-state index >= 15 is 0 Å². The number of nitrogens with zero attached hydrogens (tertiary/aromatic N) is 2. The van der Waals surface area contributed by atoms with Crippen molar-refractivity contribution < 1.29 is 18.7 Å². The number of pyridine rings is 1. The first-order valence-corrected chi connectivity index (χ1v) is 11.1. The van der Waals surface area contributed by atoms with Crippen LogP contribution in [-0.2, 0) is 11.3 Å². The van der Waals surface area contributed by atoms with Gasteiger partial charge in [0.2, 0.25) is 11.8 Å². The van der Waals surface area contributed by atoms with Gasteiger partial charge in [0.05, 0.1) is 5.92 Å². The van der Waals surface area contributed by atoms with E-state index in [0.717, 1.165) is 18.4 Å². The van der Waals surface area contributed by atoms with Crippen LogP contribution in [0.25, 0.3) is 0 Å². The lowest BCUT2D eigenvalue weighted by atomic mass is 9.96. The van der Waals surface area contributed by atoms with E-state index in [4.69, 9.17) is 16.3 Å². The summed E-state index contributed by atoms with van der Waals surface area (Å²) in [7, 11) is 0. The highest BCUT2D eigenvalue weighted by Crippen LogP contribution is 2.21. The van der Waals surface area contributed by atoms with Crippen LogP contribution in [0.1, 0.15) is 28.8 Å². The summed E-state index contributed by atoms with van der Waals surface area (Å²) >= 11 is 5.90. The van der Waals surface area contributed by atoms with Crippen LogP contribution in [0, 0.1) is 11.7 Å². The van der Waals surface area contributed by atoms with Crippen LogP contribution in [0.15, 0.2) is 66.9 Å². The van der Waals surface area contributed by atoms with Crippen molar-refractivity contribution >= 4 is 23.4 Å². The number of likely N-dealkylation sites (tertiary alicyclic amines) is 1. The summed E-state index contributed by atoms with van der Waals surface area (Å²) in [4.78, 5) is 31.4. The lowest BCUT2D eigenvalue weighted by Crippen LogP contribution is -2.45. The van der Waals surface area contributed by atoms with Gasteiger partial charge in [0, 0.05) is 48.5 Å². The van der Waals surface area contributed by atoms with Crippen LogP contribution >= 0.6 is 11.6 Å². The van der Waals surface area contributed by atoms with Gasteiger partial charge < -0.3 is 15.0 Å². The van der Waals surface area contributed by atoms with Gasteiger partial charge in [-0.05, 0) is 54.8 Å². The standard InChI is InChI=1S/C25H23ClFN3O3/c26-20-9-7-18(8-10-20)25(32)30-12-2-3-19(16-30)24(31)29-15-17-6-11-23(28-14-17)33-22-5-1-4-21(27)13-22/h1,4-11,13-14,19H,2-3,12,15-16H2,(H,29,31). The van der Waals surface area contributed by atoms with Gasteiger partial charge in [-0.25, -0.2) is 9.37 Å². The molecular formula is C25H23ClFN3O3. The highest BCUT2D eigenvalue weighted by molar-refractivity contribution is 6.30. The first-order valence-electron chi connectivity index (χ1n) is 10.7. The molecule has 1 saturated heterocycles. The monoisotopic (exact) mass is 467 g/mol. The van der Waals surface area contributed by atoms with E-state index in [0.29, 0.717) is 41.8 Å². The van der Waals surface area contributed by atoms with Crippen molar-refractivity contribution in [1.29, 1.82) is 0 Å². The lowest BCUT2D eigenvalue weighted by molar-refractivity contribution is -0.126. The van der Waals surface area contributed by atoms with Crippen molar-refractivity contribution in [2.75, 3.05) is 13.1 Å². The molecule has 0 bridgehead atoms. The maximum absolute atomic E-state index is 13.3. The Hall–Kier alpha value is -3.45. The number of piperidine rings is 1. The fourth-order valence-corrected chi connectivity index (χ4v) is 3.84. The van der Waals surface area contributed by atoms with Crippen molar-refractivity contribution in [2.45, 2.75) is 19.4 Å². The second kappa shape index (κ2) is 10.4. The van der Waals surface area contributed by atoms with Crippen LogP contribution in [0.3, 0.4) is 0 Å². The van der Waals surface area contributed by atoms with Crippen LogP contribution in [0.4, 0.5) is 4.39 Å². The molecule has 4 rings (SSSR count). The summed E-state index contributed by atoms with van der Waals surface area (Å²) in [6.07, 6.45) is 3.10. The summed E-state index contributed by atoms with van der Waals surface area (Å²) in [6.45, 7) is 1.32. The number of hydrogen-bond donors (Lipinski definition) is 1. The minimum absolute atomic E-state index is 0.0938. The van der Waals surface area contributed by atoms with Crippen LogP contribution in [-0.4, -0.2) is 34.8 Å². The van der Waals surface area contributed by atoms with E-state index in [1.165, 1.54) is 12.1 Å². The first kappa shape index (κ1) is 22.7. The van der Waals surface area contributed by atoms with Gasteiger partial charge in [-0.3, -0.25) is 9.59 Å². The van der Waals surface area contributed by atoms with Crippen molar-refractivity contribution in [2.24, 2.45) is 5.92 Å². The summed E-state index contributed by atoms with van der Waals surface area (Å²) in [5.41, 5.74) is 1.37. The van der Waals surface area contributed by atoms with Crippen molar-refractivity contribution in [3.05, 3.63) is 88.8 Å². The van der Waals surface area contributed by atoms with E-state index in [1.807, 2.05) is 0 Å². The molecule has 1 aliphatic heterocycles. The quantitative estimate of drug-likeness (QED) is 0.563. The number of nitrogens with one attached hydrogen (secondary N) is 1. The van der Waals surface area contributed by atoms with Crippen molar-refractivity contribution in [1.82, 2.24) is 15.2 Å². The first-order chi connectivity index (χ1) is 16.0. The molecular weight excluding hydrogens is 445 g/mol. The molecule has 1 fully saturated rings. The highest BCUT2D eigenvalue weighted by Gasteiger charge is 2.28. The zero-order valence-electron chi connectivity index (χ0n) is 17.8. The molecule has 0 spiro atoms. The Morgan fingerprint density at radius 2 is 1.97 bits per heavy atom. The second-order valence-electron chi connectivity index (χ2n) is 7.88. The Bertz CT molecular complexity index is 1120. The number of hydrogen-bond acceptors (Lipinski definition) is 4. The van der Waals surface area contributed by atoms with Gasteiger partial charge in [0.15, 0.2) is 0 Å². The number of rotatable bonds is 6. The molecule has 2 aromatic carbocycles. The number of halogens is 2. The average molecular weight is 468 g/mol. The SMILES string of the molecule is O=C(NCc1ccc(Oc2cccc(F)c2)nc1)C1CCCN(C(=O)c2ccc(Cl)cc2)C1. The third kappa shape index (κ3) is 6.08. The zero-order chi connectivity index (χ0) is 23.2. The van der Waals surface area contributed by atoms with Gasteiger partial charge in [0.25, 0.3) is 5.91 Å². The van der Waals surface area contributed by atoms with Crippen molar-refractivity contribution in [3.63, 3.8) is 0 Å².